The van der Waals surface area contributed by atoms with Crippen LogP contribution in [0.25, 0.3) is 0 Å². The Kier molecular flexibility index (Phi) is 10.8. The van der Waals surface area contributed by atoms with Crippen LogP contribution in [-0.2, 0) is 4.79 Å². The Morgan fingerprint density at radius 1 is 0.971 bits per heavy atom. The van der Waals surface area contributed by atoms with Crippen LogP contribution in [-0.4, -0.2) is 78.5 Å². The van der Waals surface area contributed by atoms with Crippen molar-refractivity contribution in [2.75, 3.05) is 45.9 Å². The van der Waals surface area contributed by atoms with Gasteiger partial charge in [-0.15, -0.1) is 0 Å². The Labute approximate surface area is 213 Å². The Morgan fingerprint density at radius 3 is 2.17 bits per heavy atom. The minimum absolute atomic E-state index is 0.117. The fourth-order valence-electron chi connectivity index (χ4n) is 4.14. The number of hydrogen-bond donors (Lipinski definition) is 2. The van der Waals surface area contributed by atoms with Gasteiger partial charge in [0, 0.05) is 48.4 Å². The summed E-state index contributed by atoms with van der Waals surface area (Å²) < 4.78 is 5.89. The van der Waals surface area contributed by atoms with Crippen LogP contribution >= 0.6 is 11.6 Å². The zero-order valence-corrected chi connectivity index (χ0v) is 21.5. The summed E-state index contributed by atoms with van der Waals surface area (Å²) in [6.45, 7) is 10.2. The maximum atomic E-state index is 11.9. The Balaban J connectivity index is 1.29. The topological polar surface area (TPSA) is 77.4 Å². The summed E-state index contributed by atoms with van der Waals surface area (Å²) in [4.78, 5) is 16.6. The minimum atomic E-state index is 0.117. The molecule has 2 aromatic rings. The molecule has 0 unspecified atom stereocenters. The molecule has 3 rings (SSSR count). The molecule has 0 bridgehead atoms. The zero-order chi connectivity index (χ0) is 25.0. The summed E-state index contributed by atoms with van der Waals surface area (Å²) in [6.07, 6.45) is 3.27. The number of nitrogens with one attached hydrogen (secondary N) is 1. The zero-order valence-electron chi connectivity index (χ0n) is 20.8. The molecular formula is C27H37ClN4O3. The molecule has 0 atom stereocenters. The minimum Gasteiger partial charge on any atom is -0.494 e. The number of carbonyl (C=O) groups excluding carboxylic acids is 1. The molecule has 1 fully saturated rings. The van der Waals surface area contributed by atoms with E-state index in [1.807, 2.05) is 50.2 Å². The second-order valence-electron chi connectivity index (χ2n) is 9.23. The van der Waals surface area contributed by atoms with Crippen molar-refractivity contribution in [2.45, 2.75) is 39.2 Å². The number of ether oxygens (including phenoxy) is 1. The summed E-state index contributed by atoms with van der Waals surface area (Å²) in [7, 11) is 0. The van der Waals surface area contributed by atoms with E-state index in [1.165, 1.54) is 0 Å². The van der Waals surface area contributed by atoms with Crippen molar-refractivity contribution in [1.82, 2.24) is 15.1 Å². The summed E-state index contributed by atoms with van der Waals surface area (Å²) in [5, 5.41) is 16.5. The molecule has 0 spiro atoms. The van der Waals surface area contributed by atoms with E-state index in [4.69, 9.17) is 16.3 Å². The van der Waals surface area contributed by atoms with Gasteiger partial charge in [-0.05, 0) is 76.1 Å². The average molecular weight is 501 g/mol. The summed E-state index contributed by atoms with van der Waals surface area (Å²) in [5.41, 5.74) is 2.10. The number of amides is 1. The van der Waals surface area contributed by atoms with Crippen molar-refractivity contribution in [3.05, 3.63) is 64.7 Å². The van der Waals surface area contributed by atoms with Crippen LogP contribution in [0.1, 0.15) is 44.2 Å². The lowest BCUT2D eigenvalue weighted by Gasteiger charge is -2.34. The highest BCUT2D eigenvalue weighted by Crippen LogP contribution is 2.18. The SMILES string of the molecule is CC(C)NC(=O)CN1CCN(CCCCCOc2ccc(C(=NO)c3ccc(Cl)cc3)cc2)CC1. The highest BCUT2D eigenvalue weighted by atomic mass is 35.5. The molecule has 1 heterocycles. The first kappa shape index (κ1) is 27.0. The van der Waals surface area contributed by atoms with Crippen molar-refractivity contribution < 1.29 is 14.7 Å². The first-order chi connectivity index (χ1) is 16.9. The molecule has 1 aliphatic rings. The fourth-order valence-corrected chi connectivity index (χ4v) is 4.27. The highest BCUT2D eigenvalue weighted by molar-refractivity contribution is 6.30. The number of hydrogen-bond acceptors (Lipinski definition) is 6. The van der Waals surface area contributed by atoms with Gasteiger partial charge < -0.3 is 20.2 Å². The van der Waals surface area contributed by atoms with Gasteiger partial charge in [0.15, 0.2) is 0 Å². The number of nitrogens with zero attached hydrogens (tertiary/aromatic N) is 3. The molecule has 7 nitrogen and oxygen atoms in total. The van der Waals surface area contributed by atoms with Crippen molar-refractivity contribution >= 4 is 23.2 Å². The summed E-state index contributed by atoms with van der Waals surface area (Å²) >= 11 is 5.94. The van der Waals surface area contributed by atoms with Crippen LogP contribution in [0.5, 0.6) is 5.75 Å². The average Bonchev–Trinajstić information content (AvgIpc) is 2.84. The monoisotopic (exact) mass is 500 g/mol. The Morgan fingerprint density at radius 2 is 1.57 bits per heavy atom. The number of unbranched alkanes of at least 4 members (excludes halogenated alkanes) is 2. The molecular weight excluding hydrogens is 464 g/mol. The molecule has 190 valence electrons. The number of carbonyl (C=O) groups is 1. The van der Waals surface area contributed by atoms with Crippen molar-refractivity contribution in [3.8, 4) is 5.75 Å². The van der Waals surface area contributed by atoms with E-state index in [1.54, 1.807) is 12.1 Å². The standard InChI is InChI=1S/C27H37ClN4O3/c1-21(2)29-26(33)20-32-17-15-31(16-18-32)14-4-3-5-19-35-25-12-8-23(9-13-25)27(30-34)22-6-10-24(28)11-7-22/h6-13,21,34H,3-5,14-20H2,1-2H3,(H,29,33). The van der Waals surface area contributed by atoms with Gasteiger partial charge in [0.1, 0.15) is 11.5 Å². The van der Waals surface area contributed by atoms with Gasteiger partial charge >= 0.3 is 0 Å². The predicted octanol–water partition coefficient (Wildman–Crippen LogP) is 4.26. The van der Waals surface area contributed by atoms with Crippen LogP contribution in [0, 0.1) is 0 Å². The molecule has 1 saturated heterocycles. The maximum Gasteiger partial charge on any atom is 0.234 e. The van der Waals surface area contributed by atoms with Crippen LogP contribution in [0.15, 0.2) is 53.7 Å². The largest absolute Gasteiger partial charge is 0.494 e. The van der Waals surface area contributed by atoms with Crippen LogP contribution in [0.3, 0.4) is 0 Å². The van der Waals surface area contributed by atoms with Gasteiger partial charge in [-0.1, -0.05) is 28.9 Å². The first-order valence-electron chi connectivity index (χ1n) is 12.4. The van der Waals surface area contributed by atoms with E-state index >= 15 is 0 Å². The van der Waals surface area contributed by atoms with Gasteiger partial charge in [0.25, 0.3) is 0 Å². The highest BCUT2D eigenvalue weighted by Gasteiger charge is 2.18. The van der Waals surface area contributed by atoms with Gasteiger partial charge in [0.05, 0.1) is 13.2 Å². The summed E-state index contributed by atoms with van der Waals surface area (Å²) in [6, 6.07) is 15.0. The third kappa shape index (κ3) is 9.17. The number of halogens is 1. The van der Waals surface area contributed by atoms with E-state index < -0.39 is 0 Å². The number of piperazine rings is 1. The third-order valence-corrected chi connectivity index (χ3v) is 6.27. The lowest BCUT2D eigenvalue weighted by Crippen LogP contribution is -2.50. The van der Waals surface area contributed by atoms with Crippen molar-refractivity contribution in [3.63, 3.8) is 0 Å². The first-order valence-corrected chi connectivity index (χ1v) is 12.8. The lowest BCUT2D eigenvalue weighted by molar-refractivity contribution is -0.123. The van der Waals surface area contributed by atoms with Crippen molar-refractivity contribution in [2.24, 2.45) is 5.16 Å². The predicted molar refractivity (Wildman–Crippen MR) is 141 cm³/mol. The molecule has 35 heavy (non-hydrogen) atoms. The van der Waals surface area contributed by atoms with E-state index in [2.05, 4.69) is 20.3 Å². The Hall–Kier alpha value is -2.61. The molecule has 1 aliphatic heterocycles. The van der Waals surface area contributed by atoms with Crippen LogP contribution in [0.4, 0.5) is 0 Å². The molecule has 0 radical (unpaired) electrons. The molecule has 0 aliphatic carbocycles. The fraction of sp³-hybridized carbons (Fsp3) is 0.481. The van der Waals surface area contributed by atoms with Gasteiger partial charge in [0.2, 0.25) is 5.91 Å². The number of benzene rings is 2. The second-order valence-corrected chi connectivity index (χ2v) is 9.67. The van der Waals surface area contributed by atoms with Crippen molar-refractivity contribution in [1.29, 1.82) is 0 Å². The number of oxime groups is 1. The number of rotatable bonds is 12. The quantitative estimate of drug-likeness (QED) is 0.197. The normalized spacial score (nSPS) is 15.4. The van der Waals surface area contributed by atoms with E-state index in [0.29, 0.717) is 23.9 Å². The van der Waals surface area contributed by atoms with E-state index in [0.717, 1.165) is 68.9 Å². The second kappa shape index (κ2) is 14.1. The molecule has 2 N–H and O–H groups in total. The molecule has 0 saturated carbocycles. The van der Waals surface area contributed by atoms with E-state index in [9.17, 15) is 10.0 Å². The van der Waals surface area contributed by atoms with Gasteiger partial charge in [-0.3, -0.25) is 9.69 Å². The van der Waals surface area contributed by atoms with Crippen LogP contribution in [0.2, 0.25) is 5.02 Å². The maximum absolute atomic E-state index is 11.9. The molecule has 0 aromatic heterocycles. The molecule has 8 heteroatoms. The molecule has 1 amide bonds. The van der Waals surface area contributed by atoms with Gasteiger partial charge in [-0.25, -0.2) is 0 Å². The lowest BCUT2D eigenvalue weighted by atomic mass is 10.0. The van der Waals surface area contributed by atoms with Crippen LogP contribution < -0.4 is 10.1 Å². The van der Waals surface area contributed by atoms with Gasteiger partial charge in [-0.2, -0.15) is 0 Å². The third-order valence-electron chi connectivity index (χ3n) is 6.01. The molecule has 2 aromatic carbocycles. The van der Waals surface area contributed by atoms with E-state index in [-0.39, 0.29) is 11.9 Å². The smallest absolute Gasteiger partial charge is 0.234 e. The Bertz CT molecular complexity index is 940. The summed E-state index contributed by atoms with van der Waals surface area (Å²) in [5.74, 6) is 0.923.